The minimum Gasteiger partial charge on any atom is -0.497 e. The highest BCUT2D eigenvalue weighted by Gasteiger charge is 2.48. The van der Waals surface area contributed by atoms with Gasteiger partial charge in [-0.15, -0.1) is 0 Å². The van der Waals surface area contributed by atoms with Crippen LogP contribution in [0.25, 0.3) is 0 Å². The molecule has 1 aromatic carbocycles. The van der Waals surface area contributed by atoms with Crippen LogP contribution in [0.3, 0.4) is 0 Å². The van der Waals surface area contributed by atoms with E-state index in [0.717, 1.165) is 5.56 Å². The number of hydrogen-bond acceptors (Lipinski definition) is 7. The van der Waals surface area contributed by atoms with E-state index in [-0.39, 0.29) is 31.0 Å². The second-order valence-electron chi connectivity index (χ2n) is 7.51. The Kier molecular flexibility index (Phi) is 5.34. The molecule has 0 spiro atoms. The summed E-state index contributed by atoms with van der Waals surface area (Å²) < 4.78 is 5.19. The lowest BCUT2D eigenvalue weighted by Crippen LogP contribution is -2.42. The molecule has 2 aromatic rings. The van der Waals surface area contributed by atoms with Crippen LogP contribution in [0.5, 0.6) is 5.75 Å². The zero-order valence-corrected chi connectivity index (χ0v) is 17.1. The number of carbonyl (C=O) groups excluding carboxylic acids is 4. The first-order valence-corrected chi connectivity index (χ1v) is 9.65. The van der Waals surface area contributed by atoms with Crippen molar-refractivity contribution in [3.8, 4) is 17.6 Å². The van der Waals surface area contributed by atoms with E-state index in [2.05, 4.69) is 22.1 Å². The number of amides is 4. The van der Waals surface area contributed by atoms with Crippen LogP contribution in [0.4, 0.5) is 0 Å². The highest BCUT2D eigenvalue weighted by molar-refractivity contribution is 6.08. The summed E-state index contributed by atoms with van der Waals surface area (Å²) in [6.07, 6.45) is 2.56. The molecular weight excluding hydrogens is 414 g/mol. The van der Waals surface area contributed by atoms with E-state index in [1.807, 2.05) is 5.43 Å². The van der Waals surface area contributed by atoms with Crippen molar-refractivity contribution in [2.75, 3.05) is 13.7 Å². The number of ether oxygens (including phenoxy) is 1. The van der Waals surface area contributed by atoms with Crippen LogP contribution in [0.15, 0.2) is 36.7 Å². The third kappa shape index (κ3) is 3.77. The standard InChI is InChI=1S/C22H19N5O5/c1-32-16-3-2-14-11-27(20(30)17(14)7-16)12-22(8-18(28)25-21(22)31)5-4-13-6-15(10-24-9-13)19(29)26-23/h2-3,6-7,9-10H,8,11-12,23H2,1H3,(H,26,29)(H,25,28,31)/t22-/m0/s1. The van der Waals surface area contributed by atoms with Gasteiger partial charge in [-0.3, -0.25) is 34.9 Å². The molecular formula is C22H19N5O5. The van der Waals surface area contributed by atoms with Crippen molar-refractivity contribution in [3.63, 3.8) is 0 Å². The summed E-state index contributed by atoms with van der Waals surface area (Å²) in [7, 11) is 1.51. The molecule has 3 heterocycles. The molecule has 0 bridgehead atoms. The SMILES string of the molecule is COc1ccc2c(c1)C(=O)N(C[C@]1(C#Cc3cncc(C(=O)NN)c3)CC(=O)NC1=O)C2. The summed E-state index contributed by atoms with van der Waals surface area (Å²) in [6.45, 7) is 0.223. The van der Waals surface area contributed by atoms with Gasteiger partial charge < -0.3 is 9.64 Å². The molecule has 4 amide bonds. The van der Waals surface area contributed by atoms with E-state index in [4.69, 9.17) is 10.6 Å². The van der Waals surface area contributed by atoms with Crippen molar-refractivity contribution < 1.29 is 23.9 Å². The van der Waals surface area contributed by atoms with E-state index in [1.54, 1.807) is 18.2 Å². The summed E-state index contributed by atoms with van der Waals surface area (Å²) in [5, 5.41) is 2.28. The number of fused-ring (bicyclic) bond motifs is 1. The summed E-state index contributed by atoms with van der Waals surface area (Å²) in [6, 6.07) is 6.67. The Bertz CT molecular complexity index is 1210. The maximum absolute atomic E-state index is 12.9. The minimum atomic E-state index is -1.43. The summed E-state index contributed by atoms with van der Waals surface area (Å²) >= 11 is 0. The van der Waals surface area contributed by atoms with Crippen molar-refractivity contribution in [2.24, 2.45) is 11.3 Å². The topological polar surface area (TPSA) is 144 Å². The zero-order valence-electron chi connectivity index (χ0n) is 17.1. The molecule has 4 N–H and O–H groups in total. The Morgan fingerprint density at radius 2 is 2.12 bits per heavy atom. The van der Waals surface area contributed by atoms with Gasteiger partial charge in [-0.1, -0.05) is 17.9 Å². The van der Waals surface area contributed by atoms with Gasteiger partial charge in [0.05, 0.1) is 19.1 Å². The molecule has 32 heavy (non-hydrogen) atoms. The number of nitrogens with zero attached hydrogens (tertiary/aromatic N) is 2. The molecule has 0 aliphatic carbocycles. The monoisotopic (exact) mass is 433 g/mol. The molecule has 0 unspecified atom stereocenters. The lowest BCUT2D eigenvalue weighted by Gasteiger charge is -2.25. The molecule has 10 nitrogen and oxygen atoms in total. The lowest BCUT2D eigenvalue weighted by molar-refractivity contribution is -0.127. The van der Waals surface area contributed by atoms with Crippen LogP contribution in [0.2, 0.25) is 0 Å². The van der Waals surface area contributed by atoms with Gasteiger partial charge in [0, 0.05) is 36.6 Å². The first-order chi connectivity index (χ1) is 15.3. The van der Waals surface area contributed by atoms with Crippen molar-refractivity contribution >= 4 is 23.6 Å². The predicted molar refractivity (Wildman–Crippen MR) is 111 cm³/mol. The first kappa shape index (κ1) is 21.0. The number of hydrazine groups is 1. The van der Waals surface area contributed by atoms with Crippen LogP contribution in [-0.4, -0.2) is 47.2 Å². The smallest absolute Gasteiger partial charge is 0.266 e. The zero-order chi connectivity index (χ0) is 22.9. The van der Waals surface area contributed by atoms with Crippen molar-refractivity contribution in [3.05, 3.63) is 58.9 Å². The number of methoxy groups -OCH3 is 1. The van der Waals surface area contributed by atoms with Gasteiger partial charge in [-0.25, -0.2) is 5.84 Å². The quantitative estimate of drug-likeness (QED) is 0.198. The fourth-order valence-electron chi connectivity index (χ4n) is 3.74. The van der Waals surface area contributed by atoms with Gasteiger partial charge in [0.25, 0.3) is 11.8 Å². The van der Waals surface area contributed by atoms with Gasteiger partial charge in [-0.05, 0) is 23.8 Å². The van der Waals surface area contributed by atoms with Crippen LogP contribution >= 0.6 is 0 Å². The number of rotatable bonds is 4. The number of nitrogen functional groups attached to an aromatic ring is 1. The van der Waals surface area contributed by atoms with Gasteiger partial charge >= 0.3 is 0 Å². The molecule has 2 aliphatic rings. The maximum Gasteiger partial charge on any atom is 0.266 e. The van der Waals surface area contributed by atoms with E-state index in [1.165, 1.54) is 30.5 Å². The van der Waals surface area contributed by atoms with Crippen LogP contribution < -0.4 is 21.3 Å². The van der Waals surface area contributed by atoms with Gasteiger partial charge in [0.2, 0.25) is 11.8 Å². The van der Waals surface area contributed by atoms with Crippen molar-refractivity contribution in [1.29, 1.82) is 0 Å². The largest absolute Gasteiger partial charge is 0.497 e. The van der Waals surface area contributed by atoms with E-state index < -0.39 is 23.1 Å². The van der Waals surface area contributed by atoms with Gasteiger partial charge in [0.1, 0.15) is 11.2 Å². The van der Waals surface area contributed by atoms with E-state index >= 15 is 0 Å². The number of carbonyl (C=O) groups is 4. The van der Waals surface area contributed by atoms with E-state index in [0.29, 0.717) is 16.9 Å². The Labute approximate surface area is 183 Å². The Hall–Kier alpha value is -4.23. The average Bonchev–Trinajstić information content (AvgIpc) is 3.26. The summed E-state index contributed by atoms with van der Waals surface area (Å²) in [4.78, 5) is 54.9. The third-order valence-electron chi connectivity index (χ3n) is 5.38. The number of imide groups is 1. The Morgan fingerprint density at radius 3 is 2.81 bits per heavy atom. The van der Waals surface area contributed by atoms with Crippen molar-refractivity contribution in [1.82, 2.24) is 20.6 Å². The molecule has 2 aliphatic heterocycles. The molecule has 1 fully saturated rings. The number of benzene rings is 1. The third-order valence-corrected chi connectivity index (χ3v) is 5.38. The molecule has 4 rings (SSSR count). The van der Waals surface area contributed by atoms with E-state index in [9.17, 15) is 19.2 Å². The second-order valence-corrected chi connectivity index (χ2v) is 7.51. The van der Waals surface area contributed by atoms with Crippen LogP contribution in [0.1, 0.15) is 38.3 Å². The number of pyridine rings is 1. The van der Waals surface area contributed by atoms with Crippen molar-refractivity contribution in [2.45, 2.75) is 13.0 Å². The van der Waals surface area contributed by atoms with Crippen LogP contribution in [-0.2, 0) is 16.1 Å². The molecule has 10 heteroatoms. The number of nitrogens with one attached hydrogen (secondary N) is 2. The Morgan fingerprint density at radius 1 is 1.31 bits per heavy atom. The van der Waals surface area contributed by atoms with Gasteiger partial charge in [-0.2, -0.15) is 0 Å². The Balaban J connectivity index is 1.64. The highest BCUT2D eigenvalue weighted by Crippen LogP contribution is 2.33. The number of nitrogens with two attached hydrogens (primary N) is 1. The number of aromatic nitrogens is 1. The molecule has 0 radical (unpaired) electrons. The molecule has 1 atom stereocenters. The molecule has 1 saturated heterocycles. The van der Waals surface area contributed by atoms with Crippen LogP contribution in [0, 0.1) is 17.3 Å². The minimum absolute atomic E-state index is 0.0657. The lowest BCUT2D eigenvalue weighted by atomic mass is 9.85. The normalized spacial score (nSPS) is 19.2. The average molecular weight is 433 g/mol. The molecule has 0 saturated carbocycles. The maximum atomic E-state index is 12.9. The fourth-order valence-corrected chi connectivity index (χ4v) is 3.74. The summed E-state index contributed by atoms with van der Waals surface area (Å²) in [5.74, 6) is 9.54. The molecule has 162 valence electrons. The first-order valence-electron chi connectivity index (χ1n) is 9.65. The second kappa shape index (κ2) is 8.13. The molecule has 1 aromatic heterocycles. The van der Waals surface area contributed by atoms with Gasteiger partial charge in [0.15, 0.2) is 0 Å². The highest BCUT2D eigenvalue weighted by atomic mass is 16.5. The fraction of sp³-hybridized carbons (Fsp3) is 0.227. The number of hydrogen-bond donors (Lipinski definition) is 3. The summed E-state index contributed by atoms with van der Waals surface area (Å²) in [5.41, 5.74) is 2.42. The predicted octanol–water partition coefficient (Wildman–Crippen LogP) is -0.266.